The predicted molar refractivity (Wildman–Crippen MR) is 96.0 cm³/mol. The van der Waals surface area contributed by atoms with Crippen molar-refractivity contribution in [2.75, 3.05) is 26.3 Å². The Balaban J connectivity index is 1.74. The van der Waals surface area contributed by atoms with Gasteiger partial charge >= 0.3 is 0 Å². The zero-order valence-corrected chi connectivity index (χ0v) is 16.0. The summed E-state index contributed by atoms with van der Waals surface area (Å²) in [5, 5.41) is 8.91. The lowest BCUT2D eigenvalue weighted by atomic mass is 10.2. The SMILES string of the molecule is CC(C)n1cnnc1SCc1cccc(S(=O)(=O)N2CCOCC2)c1. The molecule has 1 aliphatic rings. The first kappa shape index (κ1) is 18.4. The third-order valence-electron chi connectivity index (χ3n) is 3.97. The fourth-order valence-electron chi connectivity index (χ4n) is 2.57. The maximum atomic E-state index is 12.8. The van der Waals surface area contributed by atoms with Crippen LogP contribution in [0.1, 0.15) is 25.5 Å². The van der Waals surface area contributed by atoms with E-state index >= 15 is 0 Å². The Labute approximate surface area is 152 Å². The third kappa shape index (κ3) is 4.22. The van der Waals surface area contributed by atoms with E-state index in [1.165, 1.54) is 4.31 Å². The van der Waals surface area contributed by atoms with Crippen molar-refractivity contribution < 1.29 is 13.2 Å². The van der Waals surface area contributed by atoms with E-state index in [2.05, 4.69) is 24.0 Å². The molecule has 1 aliphatic heterocycles. The van der Waals surface area contributed by atoms with Crippen molar-refractivity contribution in [3.05, 3.63) is 36.2 Å². The first-order chi connectivity index (χ1) is 12.0. The van der Waals surface area contributed by atoms with Gasteiger partial charge in [0.05, 0.1) is 18.1 Å². The van der Waals surface area contributed by atoms with E-state index in [9.17, 15) is 8.42 Å². The summed E-state index contributed by atoms with van der Waals surface area (Å²) in [5.41, 5.74) is 0.942. The lowest BCUT2D eigenvalue weighted by Gasteiger charge is -2.26. The van der Waals surface area contributed by atoms with E-state index < -0.39 is 10.0 Å². The van der Waals surface area contributed by atoms with Crippen molar-refractivity contribution in [3.8, 4) is 0 Å². The van der Waals surface area contributed by atoms with Crippen molar-refractivity contribution in [1.82, 2.24) is 19.1 Å². The minimum atomic E-state index is -3.47. The number of hydrogen-bond acceptors (Lipinski definition) is 6. The van der Waals surface area contributed by atoms with Crippen LogP contribution in [0.4, 0.5) is 0 Å². The van der Waals surface area contributed by atoms with E-state index in [0.29, 0.717) is 37.0 Å². The summed E-state index contributed by atoms with van der Waals surface area (Å²) in [4.78, 5) is 0.331. The van der Waals surface area contributed by atoms with Crippen LogP contribution in [0.3, 0.4) is 0 Å². The lowest BCUT2D eigenvalue weighted by molar-refractivity contribution is 0.0730. The molecular formula is C16H22N4O3S2. The summed E-state index contributed by atoms with van der Waals surface area (Å²) < 4.78 is 34.2. The molecule has 1 fully saturated rings. The molecule has 0 saturated carbocycles. The number of rotatable bonds is 6. The Kier molecular flexibility index (Phi) is 5.78. The minimum absolute atomic E-state index is 0.283. The number of sulfonamides is 1. The van der Waals surface area contributed by atoms with Crippen LogP contribution in [0, 0.1) is 0 Å². The van der Waals surface area contributed by atoms with Crippen molar-refractivity contribution in [2.24, 2.45) is 0 Å². The molecule has 9 heteroatoms. The molecule has 0 aliphatic carbocycles. The van der Waals surface area contributed by atoms with E-state index in [1.807, 2.05) is 10.6 Å². The van der Waals surface area contributed by atoms with Crippen LogP contribution in [-0.4, -0.2) is 53.8 Å². The summed E-state index contributed by atoms with van der Waals surface area (Å²) in [6.07, 6.45) is 1.71. The number of morpholine rings is 1. The van der Waals surface area contributed by atoms with Crippen LogP contribution in [0.2, 0.25) is 0 Å². The summed E-state index contributed by atoms with van der Waals surface area (Å²) in [6, 6.07) is 7.40. The zero-order valence-electron chi connectivity index (χ0n) is 14.3. The largest absolute Gasteiger partial charge is 0.379 e. The second kappa shape index (κ2) is 7.86. The first-order valence-electron chi connectivity index (χ1n) is 8.17. The third-order valence-corrected chi connectivity index (χ3v) is 6.89. The highest BCUT2D eigenvalue weighted by Crippen LogP contribution is 2.25. The number of benzene rings is 1. The van der Waals surface area contributed by atoms with Gasteiger partial charge in [-0.05, 0) is 31.5 Å². The molecule has 136 valence electrons. The Morgan fingerprint density at radius 2 is 2.04 bits per heavy atom. The lowest BCUT2D eigenvalue weighted by Crippen LogP contribution is -2.40. The standard InChI is InChI=1S/C16H22N4O3S2/c1-13(2)20-12-17-18-16(20)24-11-14-4-3-5-15(10-14)25(21,22)19-6-8-23-9-7-19/h3-5,10,12-13H,6-9,11H2,1-2H3. The zero-order chi connectivity index (χ0) is 17.9. The van der Waals surface area contributed by atoms with Gasteiger partial charge in [-0.3, -0.25) is 0 Å². The Bertz CT molecular complexity index is 814. The molecule has 1 aromatic heterocycles. The van der Waals surface area contributed by atoms with E-state index in [0.717, 1.165) is 10.7 Å². The Morgan fingerprint density at radius 1 is 1.28 bits per heavy atom. The van der Waals surface area contributed by atoms with Crippen LogP contribution in [0.25, 0.3) is 0 Å². The van der Waals surface area contributed by atoms with Gasteiger partial charge in [-0.25, -0.2) is 8.42 Å². The average molecular weight is 383 g/mol. The highest BCUT2D eigenvalue weighted by molar-refractivity contribution is 7.98. The molecule has 0 spiro atoms. The molecule has 2 aromatic rings. The van der Waals surface area contributed by atoms with E-state index in [-0.39, 0.29) is 6.04 Å². The fraction of sp³-hybridized carbons (Fsp3) is 0.500. The molecule has 0 unspecified atom stereocenters. The van der Waals surface area contributed by atoms with Gasteiger partial charge in [-0.2, -0.15) is 4.31 Å². The number of ether oxygens (including phenoxy) is 1. The smallest absolute Gasteiger partial charge is 0.243 e. The van der Waals surface area contributed by atoms with Gasteiger partial charge in [-0.1, -0.05) is 23.9 Å². The number of aromatic nitrogens is 3. The Morgan fingerprint density at radius 3 is 2.76 bits per heavy atom. The number of nitrogens with zero attached hydrogens (tertiary/aromatic N) is 4. The van der Waals surface area contributed by atoms with Crippen molar-refractivity contribution in [3.63, 3.8) is 0 Å². The molecule has 0 radical (unpaired) electrons. The van der Waals surface area contributed by atoms with Gasteiger partial charge in [0.2, 0.25) is 10.0 Å². The van der Waals surface area contributed by atoms with Crippen LogP contribution in [0.5, 0.6) is 0 Å². The van der Waals surface area contributed by atoms with Crippen LogP contribution in [0.15, 0.2) is 40.6 Å². The molecule has 25 heavy (non-hydrogen) atoms. The summed E-state index contributed by atoms with van der Waals surface area (Å²) in [6.45, 7) is 5.84. The summed E-state index contributed by atoms with van der Waals surface area (Å²) >= 11 is 1.55. The average Bonchev–Trinajstić information content (AvgIpc) is 3.10. The molecule has 1 saturated heterocycles. The monoisotopic (exact) mass is 382 g/mol. The highest BCUT2D eigenvalue weighted by Gasteiger charge is 2.26. The molecule has 0 N–H and O–H groups in total. The summed E-state index contributed by atoms with van der Waals surface area (Å²) in [5.74, 6) is 0.637. The Hall–Kier alpha value is -1.42. The van der Waals surface area contributed by atoms with E-state index in [4.69, 9.17) is 4.74 Å². The van der Waals surface area contributed by atoms with Crippen molar-refractivity contribution in [2.45, 2.75) is 35.7 Å². The van der Waals surface area contributed by atoms with E-state index in [1.54, 1.807) is 36.3 Å². The topological polar surface area (TPSA) is 77.3 Å². The van der Waals surface area contributed by atoms with Crippen molar-refractivity contribution in [1.29, 1.82) is 0 Å². The quantitative estimate of drug-likeness (QED) is 0.713. The number of hydrogen-bond donors (Lipinski definition) is 0. The van der Waals surface area contributed by atoms with Crippen LogP contribution < -0.4 is 0 Å². The maximum absolute atomic E-state index is 12.8. The maximum Gasteiger partial charge on any atom is 0.243 e. The van der Waals surface area contributed by atoms with Crippen LogP contribution in [-0.2, 0) is 20.5 Å². The van der Waals surface area contributed by atoms with Gasteiger partial charge in [0.25, 0.3) is 0 Å². The van der Waals surface area contributed by atoms with Crippen molar-refractivity contribution >= 4 is 21.8 Å². The predicted octanol–water partition coefficient (Wildman–Crippen LogP) is 2.17. The molecule has 7 nitrogen and oxygen atoms in total. The molecule has 0 bridgehead atoms. The first-order valence-corrected chi connectivity index (χ1v) is 10.6. The summed E-state index contributed by atoms with van der Waals surface area (Å²) in [7, 11) is -3.47. The molecule has 2 heterocycles. The van der Waals surface area contributed by atoms with Gasteiger partial charge in [0.15, 0.2) is 5.16 Å². The number of thioether (sulfide) groups is 1. The minimum Gasteiger partial charge on any atom is -0.379 e. The van der Waals surface area contributed by atoms with Gasteiger partial charge in [0, 0.05) is 24.9 Å². The van der Waals surface area contributed by atoms with Crippen LogP contribution >= 0.6 is 11.8 Å². The highest BCUT2D eigenvalue weighted by atomic mass is 32.2. The van der Waals surface area contributed by atoms with Gasteiger partial charge in [-0.15, -0.1) is 10.2 Å². The molecule has 0 atom stereocenters. The second-order valence-electron chi connectivity index (χ2n) is 6.07. The molecule has 1 aromatic carbocycles. The molecule has 3 rings (SSSR count). The molecule has 0 amide bonds. The van der Waals surface area contributed by atoms with Gasteiger partial charge in [0.1, 0.15) is 6.33 Å². The molecular weight excluding hydrogens is 360 g/mol. The second-order valence-corrected chi connectivity index (χ2v) is 8.95. The normalized spacial score (nSPS) is 16.4. The van der Waals surface area contributed by atoms with Gasteiger partial charge < -0.3 is 9.30 Å². The fourth-order valence-corrected chi connectivity index (χ4v) is 5.04.